The van der Waals surface area contributed by atoms with Crippen LogP contribution in [0.4, 0.5) is 11.4 Å². The van der Waals surface area contributed by atoms with E-state index < -0.39 is 4.92 Å². The summed E-state index contributed by atoms with van der Waals surface area (Å²) in [5.41, 5.74) is 8.57. The molecular formula is C12H17N5O3. The maximum Gasteiger partial charge on any atom is 0.293 e. The lowest BCUT2D eigenvalue weighted by Gasteiger charge is -2.21. The van der Waals surface area contributed by atoms with E-state index in [1.807, 2.05) is 4.90 Å². The highest BCUT2D eigenvalue weighted by Gasteiger charge is 2.29. The van der Waals surface area contributed by atoms with Gasteiger partial charge in [-0.3, -0.25) is 25.7 Å². The number of likely N-dealkylation sites (tertiary alicyclic amines) is 1. The Hall–Kier alpha value is -2.19. The van der Waals surface area contributed by atoms with Gasteiger partial charge in [0.2, 0.25) is 5.91 Å². The molecule has 1 saturated heterocycles. The highest BCUT2D eigenvalue weighted by molar-refractivity contribution is 5.80. The molecule has 0 spiro atoms. The minimum atomic E-state index is -0.492. The number of anilines is 1. The van der Waals surface area contributed by atoms with Gasteiger partial charge in [0.15, 0.2) is 0 Å². The molecule has 1 heterocycles. The Balaban J connectivity index is 2.19. The molecule has 1 unspecified atom stereocenters. The van der Waals surface area contributed by atoms with E-state index in [4.69, 9.17) is 11.6 Å². The molecule has 108 valence electrons. The molecular weight excluding hydrogens is 262 g/mol. The number of primary amides is 1. The normalized spacial score (nSPS) is 18.9. The van der Waals surface area contributed by atoms with Gasteiger partial charge in [-0.05, 0) is 31.0 Å². The van der Waals surface area contributed by atoms with Crippen LogP contribution in [0, 0.1) is 10.1 Å². The van der Waals surface area contributed by atoms with Crippen molar-refractivity contribution in [3.05, 3.63) is 33.9 Å². The molecule has 1 fully saturated rings. The quantitative estimate of drug-likeness (QED) is 0.405. The third-order valence-electron chi connectivity index (χ3n) is 3.49. The monoisotopic (exact) mass is 279 g/mol. The standard InChI is InChI=1S/C12H17N5O3/c13-12(18)10-2-1-5-16(10)7-8-3-4-9(15-14)11(6-8)17(19)20/h3-4,6,10,15H,1-2,5,7,14H2,(H2,13,18). The summed E-state index contributed by atoms with van der Waals surface area (Å²) in [4.78, 5) is 23.7. The number of rotatable bonds is 5. The number of hydrogen-bond donors (Lipinski definition) is 3. The van der Waals surface area contributed by atoms with E-state index in [0.29, 0.717) is 6.54 Å². The molecule has 0 bridgehead atoms. The molecule has 8 heteroatoms. The molecule has 2 rings (SSSR count). The van der Waals surface area contributed by atoms with Crippen molar-refractivity contribution in [1.29, 1.82) is 0 Å². The molecule has 0 aliphatic carbocycles. The van der Waals surface area contributed by atoms with Crippen LogP contribution in [0.25, 0.3) is 0 Å². The summed E-state index contributed by atoms with van der Waals surface area (Å²) in [5, 5.41) is 11.0. The Labute approximate surface area is 115 Å². The molecule has 1 amide bonds. The molecule has 1 aliphatic heterocycles. The van der Waals surface area contributed by atoms with Crippen LogP contribution in [0.3, 0.4) is 0 Å². The van der Waals surface area contributed by atoms with Crippen LogP contribution in [0.5, 0.6) is 0 Å². The van der Waals surface area contributed by atoms with Crippen LogP contribution in [-0.2, 0) is 11.3 Å². The van der Waals surface area contributed by atoms with Crippen LogP contribution >= 0.6 is 0 Å². The zero-order valence-electron chi connectivity index (χ0n) is 10.9. The second kappa shape index (κ2) is 5.85. The molecule has 0 aromatic heterocycles. The average Bonchev–Trinajstić information content (AvgIpc) is 2.87. The SMILES string of the molecule is NNc1ccc(CN2CCCC2C(N)=O)cc1[N+](=O)[O-]. The summed E-state index contributed by atoms with van der Waals surface area (Å²) in [6.45, 7) is 1.22. The first-order chi connectivity index (χ1) is 9.52. The number of nitrogens with zero attached hydrogens (tertiary/aromatic N) is 2. The van der Waals surface area contributed by atoms with Crippen molar-refractivity contribution in [2.75, 3.05) is 12.0 Å². The molecule has 1 atom stereocenters. The van der Waals surface area contributed by atoms with Gasteiger partial charge in [-0.25, -0.2) is 0 Å². The largest absolute Gasteiger partial charge is 0.368 e. The van der Waals surface area contributed by atoms with Crippen molar-refractivity contribution >= 4 is 17.3 Å². The predicted octanol–water partition coefficient (Wildman–Crippen LogP) is 0.330. The van der Waals surface area contributed by atoms with E-state index in [9.17, 15) is 14.9 Å². The summed E-state index contributed by atoms with van der Waals surface area (Å²) in [6.07, 6.45) is 1.64. The first-order valence-electron chi connectivity index (χ1n) is 6.30. The Morgan fingerprint density at radius 2 is 2.30 bits per heavy atom. The second-order valence-corrected chi connectivity index (χ2v) is 4.78. The van der Waals surface area contributed by atoms with Gasteiger partial charge in [0.1, 0.15) is 5.69 Å². The molecule has 0 saturated carbocycles. The highest BCUT2D eigenvalue weighted by Crippen LogP contribution is 2.27. The Bertz CT molecular complexity index is 534. The van der Waals surface area contributed by atoms with Crippen LogP contribution in [0.2, 0.25) is 0 Å². The third kappa shape index (κ3) is 2.86. The fourth-order valence-electron chi connectivity index (χ4n) is 2.52. The Kier molecular flexibility index (Phi) is 4.16. The van der Waals surface area contributed by atoms with Gasteiger partial charge < -0.3 is 11.2 Å². The summed E-state index contributed by atoms with van der Waals surface area (Å²) in [6, 6.07) is 4.48. The van der Waals surface area contributed by atoms with Crippen molar-refractivity contribution in [2.45, 2.75) is 25.4 Å². The minimum absolute atomic E-state index is 0.0835. The molecule has 8 nitrogen and oxygen atoms in total. The third-order valence-corrected chi connectivity index (χ3v) is 3.49. The van der Waals surface area contributed by atoms with Crippen molar-refractivity contribution in [2.24, 2.45) is 11.6 Å². The van der Waals surface area contributed by atoms with E-state index in [1.54, 1.807) is 12.1 Å². The average molecular weight is 279 g/mol. The minimum Gasteiger partial charge on any atom is -0.368 e. The lowest BCUT2D eigenvalue weighted by atomic mass is 10.1. The van der Waals surface area contributed by atoms with E-state index in [-0.39, 0.29) is 23.3 Å². The van der Waals surface area contributed by atoms with E-state index in [1.165, 1.54) is 6.07 Å². The molecule has 20 heavy (non-hydrogen) atoms. The number of nitrogens with two attached hydrogens (primary N) is 2. The van der Waals surface area contributed by atoms with Gasteiger partial charge in [0.05, 0.1) is 11.0 Å². The molecule has 1 aromatic rings. The zero-order chi connectivity index (χ0) is 14.7. The first-order valence-corrected chi connectivity index (χ1v) is 6.30. The molecule has 1 aliphatic rings. The van der Waals surface area contributed by atoms with E-state index >= 15 is 0 Å². The number of amides is 1. The van der Waals surface area contributed by atoms with Crippen molar-refractivity contribution in [1.82, 2.24) is 4.90 Å². The fourth-order valence-corrected chi connectivity index (χ4v) is 2.52. The fraction of sp³-hybridized carbons (Fsp3) is 0.417. The lowest BCUT2D eigenvalue weighted by molar-refractivity contribution is -0.384. The number of benzene rings is 1. The van der Waals surface area contributed by atoms with Crippen LogP contribution in [0.1, 0.15) is 18.4 Å². The molecule has 1 aromatic carbocycles. The predicted molar refractivity (Wildman–Crippen MR) is 73.5 cm³/mol. The van der Waals surface area contributed by atoms with Crippen molar-refractivity contribution in [3.8, 4) is 0 Å². The number of nitrogens with one attached hydrogen (secondary N) is 1. The van der Waals surface area contributed by atoms with E-state index in [0.717, 1.165) is 24.9 Å². The number of nitro benzene ring substituents is 1. The maximum absolute atomic E-state index is 11.3. The summed E-state index contributed by atoms with van der Waals surface area (Å²) in [7, 11) is 0. The summed E-state index contributed by atoms with van der Waals surface area (Å²) >= 11 is 0. The summed E-state index contributed by atoms with van der Waals surface area (Å²) < 4.78 is 0. The zero-order valence-corrected chi connectivity index (χ0v) is 10.9. The van der Waals surface area contributed by atoms with Gasteiger partial charge in [-0.15, -0.1) is 0 Å². The lowest BCUT2D eigenvalue weighted by Crippen LogP contribution is -2.39. The molecule has 5 N–H and O–H groups in total. The van der Waals surface area contributed by atoms with Gasteiger partial charge >= 0.3 is 0 Å². The van der Waals surface area contributed by atoms with Gasteiger partial charge in [0, 0.05) is 12.6 Å². The second-order valence-electron chi connectivity index (χ2n) is 4.78. The van der Waals surface area contributed by atoms with Crippen LogP contribution in [0.15, 0.2) is 18.2 Å². The number of carbonyl (C=O) groups is 1. The first kappa shape index (κ1) is 14.2. The van der Waals surface area contributed by atoms with E-state index in [2.05, 4.69) is 5.43 Å². The van der Waals surface area contributed by atoms with Crippen LogP contribution < -0.4 is 17.0 Å². The van der Waals surface area contributed by atoms with Gasteiger partial charge in [-0.2, -0.15) is 0 Å². The van der Waals surface area contributed by atoms with Gasteiger partial charge in [-0.1, -0.05) is 6.07 Å². The number of nitro groups is 1. The number of carbonyl (C=O) groups excluding carboxylic acids is 1. The van der Waals surface area contributed by atoms with Crippen molar-refractivity contribution in [3.63, 3.8) is 0 Å². The summed E-state index contributed by atoms with van der Waals surface area (Å²) in [5.74, 6) is 4.89. The number of nitrogen functional groups attached to an aromatic ring is 1. The number of hydrazine groups is 1. The Morgan fingerprint density at radius 3 is 2.90 bits per heavy atom. The van der Waals surface area contributed by atoms with Crippen LogP contribution in [-0.4, -0.2) is 28.3 Å². The maximum atomic E-state index is 11.3. The number of hydrogen-bond acceptors (Lipinski definition) is 6. The highest BCUT2D eigenvalue weighted by atomic mass is 16.6. The molecule has 0 radical (unpaired) electrons. The topological polar surface area (TPSA) is 128 Å². The smallest absolute Gasteiger partial charge is 0.293 e. The Morgan fingerprint density at radius 1 is 1.55 bits per heavy atom. The van der Waals surface area contributed by atoms with Gasteiger partial charge in [0.25, 0.3) is 5.69 Å². The van der Waals surface area contributed by atoms with Crippen molar-refractivity contribution < 1.29 is 9.72 Å².